The maximum Gasteiger partial charge on any atom is 0.0848 e. The first-order chi connectivity index (χ1) is 20.7. The molecule has 0 bridgehead atoms. The highest BCUT2D eigenvalue weighted by Gasteiger charge is 2.16. The summed E-state index contributed by atoms with van der Waals surface area (Å²) in [6.45, 7) is 18.0. The fourth-order valence-electron chi connectivity index (χ4n) is 5.57. The van der Waals surface area contributed by atoms with Crippen molar-refractivity contribution in [1.82, 2.24) is 4.98 Å². The number of hydrogen-bond acceptors (Lipinski definition) is 3. The van der Waals surface area contributed by atoms with Crippen LogP contribution in [0.1, 0.15) is 125 Å². The number of rotatable bonds is 12. The monoisotopic (exact) mass is 571 g/mol. The third-order valence-corrected chi connectivity index (χ3v) is 8.05. The molecule has 224 valence electrons. The largest absolute Gasteiger partial charge is 0.260 e. The minimum absolute atomic E-state index is 0.382. The first-order valence-corrected chi connectivity index (χ1v) is 16.0. The lowest BCUT2D eigenvalue weighted by atomic mass is 9.92. The van der Waals surface area contributed by atoms with E-state index in [1.807, 2.05) is 6.21 Å². The zero-order valence-electron chi connectivity index (χ0n) is 27.4. The first-order valence-electron chi connectivity index (χ1n) is 16.0. The molecule has 0 aliphatic carbocycles. The normalized spacial score (nSPS) is 12.4. The van der Waals surface area contributed by atoms with Crippen LogP contribution in [0.5, 0.6) is 0 Å². The Morgan fingerprint density at radius 1 is 0.605 bits per heavy atom. The minimum Gasteiger partial charge on any atom is -0.260 e. The van der Waals surface area contributed by atoms with Gasteiger partial charge in [-0.3, -0.25) is 15.0 Å². The molecule has 0 aliphatic heterocycles. The molecule has 0 unspecified atom stereocenters. The zero-order valence-corrected chi connectivity index (χ0v) is 27.4. The summed E-state index contributed by atoms with van der Waals surface area (Å²) in [7, 11) is 0. The molecule has 1 heterocycles. The molecule has 0 atom stereocenters. The summed E-state index contributed by atoms with van der Waals surface area (Å²) >= 11 is 0. The molecule has 0 saturated carbocycles. The van der Waals surface area contributed by atoms with E-state index < -0.39 is 0 Å². The van der Waals surface area contributed by atoms with E-state index in [1.54, 1.807) is 0 Å². The second kappa shape index (κ2) is 15.0. The smallest absolute Gasteiger partial charge is 0.0848 e. The van der Waals surface area contributed by atoms with Crippen molar-refractivity contribution in [2.75, 3.05) is 0 Å². The van der Waals surface area contributed by atoms with Gasteiger partial charge in [0.1, 0.15) is 0 Å². The Morgan fingerprint density at radius 2 is 1.12 bits per heavy atom. The predicted molar refractivity (Wildman–Crippen MR) is 186 cm³/mol. The molecule has 0 fully saturated rings. The highest BCUT2D eigenvalue weighted by Crippen LogP contribution is 2.36. The Bertz CT molecular complexity index is 1490. The lowest BCUT2D eigenvalue weighted by Gasteiger charge is -2.18. The molecule has 4 aromatic rings. The second-order valence-corrected chi connectivity index (χ2v) is 12.8. The van der Waals surface area contributed by atoms with Crippen LogP contribution in [-0.4, -0.2) is 16.9 Å². The van der Waals surface area contributed by atoms with E-state index in [0.717, 1.165) is 41.3 Å². The van der Waals surface area contributed by atoms with Crippen molar-refractivity contribution in [1.29, 1.82) is 0 Å². The lowest BCUT2D eigenvalue weighted by molar-refractivity contribution is 0.833. The molecule has 3 heteroatoms. The number of pyridine rings is 1. The molecule has 3 aromatic carbocycles. The summed E-state index contributed by atoms with van der Waals surface area (Å²) < 4.78 is 0. The molecule has 3 nitrogen and oxygen atoms in total. The lowest BCUT2D eigenvalue weighted by Crippen LogP contribution is -2.08. The van der Waals surface area contributed by atoms with E-state index >= 15 is 0 Å². The molecular formula is C40H49N3. The summed E-state index contributed by atoms with van der Waals surface area (Å²) in [5.74, 6) is 1.60. The van der Waals surface area contributed by atoms with Crippen LogP contribution in [0.2, 0.25) is 0 Å². The molecule has 43 heavy (non-hydrogen) atoms. The van der Waals surface area contributed by atoms with E-state index in [0.29, 0.717) is 30.1 Å². The van der Waals surface area contributed by atoms with Crippen molar-refractivity contribution in [2.24, 2.45) is 9.98 Å². The molecule has 4 rings (SSSR count). The standard InChI is InChI=1S/C40H49N3/c1-27(2)33-18-13-19-34(28(3)4)39(33)41-26-25-32-17-12-22-37(42-32)38(24-23-31-15-10-9-11-16-31)43-40-35(29(5)6)20-14-21-36(40)30(7)8/h9-22,26-30H,23-25H2,1-8H3. The number of para-hydroxylation sites is 2. The summed E-state index contributed by atoms with van der Waals surface area (Å²) in [5, 5.41) is 0. The quantitative estimate of drug-likeness (QED) is 0.156. The maximum absolute atomic E-state index is 5.44. The Balaban J connectivity index is 1.72. The molecule has 0 radical (unpaired) electrons. The van der Waals surface area contributed by atoms with E-state index in [1.165, 1.54) is 27.8 Å². The summed E-state index contributed by atoms with van der Waals surface area (Å²) in [6, 6.07) is 30.2. The van der Waals surface area contributed by atoms with Gasteiger partial charge in [0.15, 0.2) is 0 Å². The van der Waals surface area contributed by atoms with Crippen LogP contribution in [0, 0.1) is 0 Å². The Kier molecular flexibility index (Phi) is 11.2. The van der Waals surface area contributed by atoms with Crippen molar-refractivity contribution >= 4 is 23.3 Å². The summed E-state index contributed by atoms with van der Waals surface area (Å²) in [4.78, 5) is 15.6. The van der Waals surface area contributed by atoms with Crippen molar-refractivity contribution in [3.05, 3.63) is 124 Å². The van der Waals surface area contributed by atoms with E-state index in [2.05, 4.69) is 140 Å². The van der Waals surface area contributed by atoms with Gasteiger partial charge in [0.05, 0.1) is 22.8 Å². The number of aromatic nitrogens is 1. The van der Waals surface area contributed by atoms with Crippen LogP contribution in [0.15, 0.2) is 94.9 Å². The van der Waals surface area contributed by atoms with Gasteiger partial charge in [0.2, 0.25) is 0 Å². The molecule has 0 saturated heterocycles. The van der Waals surface area contributed by atoms with Gasteiger partial charge in [-0.2, -0.15) is 0 Å². The van der Waals surface area contributed by atoms with Gasteiger partial charge in [0.25, 0.3) is 0 Å². The SMILES string of the molecule is CC(C)c1cccc(C(C)C)c1N=CCc1cccc(C(CCc2ccccc2)=Nc2c(C(C)C)cccc2C(C)C)n1. The van der Waals surface area contributed by atoms with E-state index in [4.69, 9.17) is 15.0 Å². The van der Waals surface area contributed by atoms with Crippen LogP contribution >= 0.6 is 0 Å². The fourth-order valence-corrected chi connectivity index (χ4v) is 5.57. The molecule has 1 aromatic heterocycles. The van der Waals surface area contributed by atoms with Gasteiger partial charge < -0.3 is 0 Å². The number of benzene rings is 3. The topological polar surface area (TPSA) is 37.6 Å². The molecule has 0 aliphatic rings. The average molecular weight is 572 g/mol. The first kappa shape index (κ1) is 32.1. The average Bonchev–Trinajstić information content (AvgIpc) is 2.99. The van der Waals surface area contributed by atoms with Gasteiger partial charge in [-0.25, -0.2) is 0 Å². The number of aryl methyl sites for hydroxylation is 1. The highest BCUT2D eigenvalue weighted by atomic mass is 14.8. The van der Waals surface area contributed by atoms with Gasteiger partial charge in [0, 0.05) is 18.3 Å². The number of hydrogen-bond donors (Lipinski definition) is 0. The molecule has 0 N–H and O–H groups in total. The van der Waals surface area contributed by atoms with Gasteiger partial charge in [-0.05, 0) is 76.5 Å². The number of aliphatic imine (C=N–C) groups is 2. The Hall–Kier alpha value is -3.85. The van der Waals surface area contributed by atoms with Crippen LogP contribution < -0.4 is 0 Å². The van der Waals surface area contributed by atoms with Crippen LogP contribution in [0.4, 0.5) is 11.4 Å². The van der Waals surface area contributed by atoms with Crippen molar-refractivity contribution in [2.45, 2.75) is 98.3 Å². The van der Waals surface area contributed by atoms with E-state index in [9.17, 15) is 0 Å². The van der Waals surface area contributed by atoms with Crippen molar-refractivity contribution < 1.29 is 0 Å². The van der Waals surface area contributed by atoms with Crippen LogP contribution in [0.3, 0.4) is 0 Å². The second-order valence-electron chi connectivity index (χ2n) is 12.8. The molecule has 0 amide bonds. The Morgan fingerprint density at radius 3 is 1.65 bits per heavy atom. The van der Waals surface area contributed by atoms with Gasteiger partial charge in [-0.1, -0.05) is 128 Å². The maximum atomic E-state index is 5.44. The number of nitrogens with zero attached hydrogens (tertiary/aromatic N) is 3. The molecular weight excluding hydrogens is 522 g/mol. The zero-order chi connectivity index (χ0) is 30.9. The van der Waals surface area contributed by atoms with Crippen molar-refractivity contribution in [3.63, 3.8) is 0 Å². The van der Waals surface area contributed by atoms with E-state index in [-0.39, 0.29) is 0 Å². The third-order valence-electron chi connectivity index (χ3n) is 8.05. The van der Waals surface area contributed by atoms with Gasteiger partial charge in [-0.15, -0.1) is 0 Å². The van der Waals surface area contributed by atoms with Gasteiger partial charge >= 0.3 is 0 Å². The summed E-state index contributed by atoms with van der Waals surface area (Å²) in [5.41, 5.74) is 11.7. The third kappa shape index (κ3) is 8.38. The fraction of sp³-hybridized carbons (Fsp3) is 0.375. The summed E-state index contributed by atoms with van der Waals surface area (Å²) in [6.07, 6.45) is 4.43. The van der Waals surface area contributed by atoms with Crippen LogP contribution in [-0.2, 0) is 12.8 Å². The van der Waals surface area contributed by atoms with Crippen LogP contribution in [0.25, 0.3) is 0 Å². The predicted octanol–water partition coefficient (Wildman–Crippen LogP) is 11.3. The molecule has 0 spiro atoms. The van der Waals surface area contributed by atoms with Crippen molar-refractivity contribution in [3.8, 4) is 0 Å². The highest BCUT2D eigenvalue weighted by molar-refractivity contribution is 6.01. The minimum atomic E-state index is 0.382. The Labute approximate surface area is 260 Å².